The molecule has 8 nitrogen and oxygen atoms in total. The van der Waals surface area contributed by atoms with E-state index < -0.39 is 4.92 Å². The summed E-state index contributed by atoms with van der Waals surface area (Å²) in [6.45, 7) is 6.36. The molecule has 0 amide bonds. The topological polar surface area (TPSA) is 97.3 Å². The van der Waals surface area contributed by atoms with Crippen molar-refractivity contribution in [1.82, 2.24) is 14.9 Å². The Kier molecular flexibility index (Phi) is 4.24. The second-order valence-corrected chi connectivity index (χ2v) is 5.77. The van der Waals surface area contributed by atoms with E-state index in [1.54, 1.807) is 6.07 Å². The summed E-state index contributed by atoms with van der Waals surface area (Å²) in [6.07, 6.45) is 2.25. The van der Waals surface area contributed by atoms with Crippen molar-refractivity contribution in [3.8, 4) is 0 Å². The van der Waals surface area contributed by atoms with E-state index in [0.717, 1.165) is 36.9 Å². The van der Waals surface area contributed by atoms with E-state index in [9.17, 15) is 10.1 Å². The van der Waals surface area contributed by atoms with Gasteiger partial charge < -0.3 is 9.73 Å². The molecule has 0 bridgehead atoms. The number of hydrogen-bond donors (Lipinski definition) is 1. The van der Waals surface area contributed by atoms with Crippen molar-refractivity contribution in [1.29, 1.82) is 0 Å². The van der Waals surface area contributed by atoms with Crippen molar-refractivity contribution in [2.24, 2.45) is 0 Å². The van der Waals surface area contributed by atoms with E-state index in [1.165, 1.54) is 12.3 Å². The Morgan fingerprint density at radius 3 is 2.91 bits per heavy atom. The highest BCUT2D eigenvalue weighted by Gasteiger charge is 2.24. The normalized spacial score (nSPS) is 18.3. The summed E-state index contributed by atoms with van der Waals surface area (Å²) in [4.78, 5) is 20.9. The first kappa shape index (κ1) is 15.4. The van der Waals surface area contributed by atoms with Crippen molar-refractivity contribution >= 4 is 11.5 Å². The summed E-state index contributed by atoms with van der Waals surface area (Å²) in [5, 5.41) is 13.9. The van der Waals surface area contributed by atoms with Crippen LogP contribution >= 0.6 is 0 Å². The molecule has 0 aliphatic carbocycles. The minimum Gasteiger partial charge on any atom is -0.444 e. The van der Waals surface area contributed by atoms with E-state index >= 15 is 0 Å². The SMILES string of the molecule is Cc1nc(CN2CCC(Nc3ccc([N+](=O)[O-])cn3)C2)oc1C. The molecule has 3 heterocycles. The molecular weight excluding hydrogens is 298 g/mol. The largest absolute Gasteiger partial charge is 0.444 e. The molecule has 23 heavy (non-hydrogen) atoms. The van der Waals surface area contributed by atoms with E-state index in [0.29, 0.717) is 12.4 Å². The first-order valence-electron chi connectivity index (χ1n) is 7.53. The van der Waals surface area contributed by atoms with Crippen LogP contribution < -0.4 is 5.32 Å². The van der Waals surface area contributed by atoms with E-state index in [1.807, 2.05) is 13.8 Å². The molecule has 1 aliphatic heterocycles. The Balaban J connectivity index is 1.54. The Morgan fingerprint density at radius 1 is 1.48 bits per heavy atom. The van der Waals surface area contributed by atoms with Gasteiger partial charge in [-0.1, -0.05) is 0 Å². The van der Waals surface area contributed by atoms with Crippen LogP contribution in [0.3, 0.4) is 0 Å². The number of aromatic nitrogens is 2. The molecule has 0 aromatic carbocycles. The lowest BCUT2D eigenvalue weighted by Crippen LogP contribution is -2.26. The molecule has 1 atom stereocenters. The molecule has 1 unspecified atom stereocenters. The zero-order valence-corrected chi connectivity index (χ0v) is 13.2. The molecular formula is C15H19N5O3. The van der Waals surface area contributed by atoms with Crippen molar-refractivity contribution in [2.75, 3.05) is 18.4 Å². The summed E-state index contributed by atoms with van der Waals surface area (Å²) >= 11 is 0. The smallest absolute Gasteiger partial charge is 0.287 e. The second kappa shape index (κ2) is 6.33. The third-order valence-electron chi connectivity index (χ3n) is 4.01. The maximum Gasteiger partial charge on any atom is 0.287 e. The molecule has 0 saturated carbocycles. The molecule has 1 saturated heterocycles. The lowest BCUT2D eigenvalue weighted by molar-refractivity contribution is -0.385. The van der Waals surface area contributed by atoms with Crippen LogP contribution in [0.5, 0.6) is 0 Å². The van der Waals surface area contributed by atoms with Crippen LogP contribution in [0.4, 0.5) is 11.5 Å². The fourth-order valence-electron chi connectivity index (χ4n) is 2.68. The van der Waals surface area contributed by atoms with Gasteiger partial charge in [-0.05, 0) is 26.3 Å². The predicted molar refractivity (Wildman–Crippen MR) is 84.2 cm³/mol. The summed E-state index contributed by atoms with van der Waals surface area (Å²) in [5.41, 5.74) is 0.933. The van der Waals surface area contributed by atoms with Gasteiger partial charge in [0.1, 0.15) is 17.8 Å². The van der Waals surface area contributed by atoms with Crippen LogP contribution in [0.2, 0.25) is 0 Å². The number of nitrogens with one attached hydrogen (secondary N) is 1. The van der Waals surface area contributed by atoms with Gasteiger partial charge in [-0.25, -0.2) is 9.97 Å². The van der Waals surface area contributed by atoms with Crippen molar-refractivity contribution in [3.05, 3.63) is 45.8 Å². The van der Waals surface area contributed by atoms with E-state index in [-0.39, 0.29) is 11.7 Å². The highest BCUT2D eigenvalue weighted by molar-refractivity contribution is 5.41. The standard InChI is InChI=1S/C15H19N5O3/c1-10-11(2)23-15(17-10)9-19-6-5-12(8-19)18-14-4-3-13(7-16-14)20(21)22/h3-4,7,12H,5-6,8-9H2,1-2H3,(H,16,18). The minimum atomic E-state index is -0.450. The quantitative estimate of drug-likeness (QED) is 0.667. The average molecular weight is 317 g/mol. The Morgan fingerprint density at radius 2 is 2.30 bits per heavy atom. The number of oxazole rings is 1. The number of hydrogen-bond acceptors (Lipinski definition) is 7. The molecule has 1 aliphatic rings. The molecule has 1 N–H and O–H groups in total. The number of anilines is 1. The average Bonchev–Trinajstić information content (AvgIpc) is 3.07. The first-order chi connectivity index (χ1) is 11.0. The fraction of sp³-hybridized carbons (Fsp3) is 0.467. The van der Waals surface area contributed by atoms with Gasteiger partial charge in [0.05, 0.1) is 17.2 Å². The highest BCUT2D eigenvalue weighted by Crippen LogP contribution is 2.19. The third kappa shape index (κ3) is 3.65. The third-order valence-corrected chi connectivity index (χ3v) is 4.01. The van der Waals surface area contributed by atoms with Crippen LogP contribution in [0.25, 0.3) is 0 Å². The molecule has 0 radical (unpaired) electrons. The number of aryl methyl sites for hydroxylation is 2. The Bertz CT molecular complexity index is 678. The van der Waals surface area contributed by atoms with Crippen LogP contribution in [0.15, 0.2) is 22.7 Å². The first-order valence-corrected chi connectivity index (χ1v) is 7.53. The highest BCUT2D eigenvalue weighted by atomic mass is 16.6. The van der Waals surface area contributed by atoms with Crippen molar-refractivity contribution in [3.63, 3.8) is 0 Å². The summed E-state index contributed by atoms with van der Waals surface area (Å²) in [6, 6.07) is 3.36. The van der Waals surface area contributed by atoms with E-state index in [2.05, 4.69) is 20.2 Å². The minimum absolute atomic E-state index is 0.00164. The summed E-state index contributed by atoms with van der Waals surface area (Å²) < 4.78 is 5.62. The molecule has 0 spiro atoms. The molecule has 2 aromatic heterocycles. The molecule has 122 valence electrons. The monoisotopic (exact) mass is 317 g/mol. The van der Waals surface area contributed by atoms with Gasteiger partial charge in [-0.2, -0.15) is 0 Å². The lowest BCUT2D eigenvalue weighted by Gasteiger charge is -2.15. The van der Waals surface area contributed by atoms with Gasteiger partial charge in [0.25, 0.3) is 5.69 Å². The van der Waals surface area contributed by atoms with Gasteiger partial charge in [0, 0.05) is 25.2 Å². The Labute approximate surface area is 133 Å². The molecule has 3 rings (SSSR count). The maximum atomic E-state index is 10.6. The lowest BCUT2D eigenvalue weighted by atomic mass is 10.2. The fourth-order valence-corrected chi connectivity index (χ4v) is 2.68. The van der Waals surface area contributed by atoms with E-state index in [4.69, 9.17) is 4.42 Å². The number of nitro groups is 1. The summed E-state index contributed by atoms with van der Waals surface area (Å²) in [7, 11) is 0. The predicted octanol–water partition coefficient (Wildman–Crippen LogP) is 2.28. The molecule has 2 aromatic rings. The van der Waals surface area contributed by atoms with Gasteiger partial charge in [-0.15, -0.1) is 0 Å². The number of pyridine rings is 1. The van der Waals surface area contributed by atoms with Crippen LogP contribution in [-0.4, -0.2) is 38.9 Å². The van der Waals surface area contributed by atoms with Crippen molar-refractivity contribution < 1.29 is 9.34 Å². The van der Waals surface area contributed by atoms with Crippen molar-refractivity contribution in [2.45, 2.75) is 32.9 Å². The van der Waals surface area contributed by atoms with Gasteiger partial charge in [0.15, 0.2) is 0 Å². The van der Waals surface area contributed by atoms with Crippen LogP contribution in [0.1, 0.15) is 23.8 Å². The maximum absolute atomic E-state index is 10.6. The second-order valence-electron chi connectivity index (χ2n) is 5.77. The zero-order valence-electron chi connectivity index (χ0n) is 13.2. The number of rotatable bonds is 5. The Hall–Kier alpha value is -2.48. The molecule has 8 heteroatoms. The van der Waals surface area contributed by atoms with Gasteiger partial charge >= 0.3 is 0 Å². The molecule has 1 fully saturated rings. The number of nitrogens with zero attached hydrogens (tertiary/aromatic N) is 4. The zero-order chi connectivity index (χ0) is 16.4. The number of likely N-dealkylation sites (tertiary alicyclic amines) is 1. The van der Waals surface area contributed by atoms with Crippen LogP contribution in [0, 0.1) is 24.0 Å². The van der Waals surface area contributed by atoms with Gasteiger partial charge in [-0.3, -0.25) is 15.0 Å². The van der Waals surface area contributed by atoms with Gasteiger partial charge in [0.2, 0.25) is 5.89 Å². The van der Waals surface area contributed by atoms with Crippen LogP contribution in [-0.2, 0) is 6.54 Å². The summed E-state index contributed by atoms with van der Waals surface area (Å²) in [5.74, 6) is 2.27.